The molecule has 2 fully saturated rings. The van der Waals surface area contributed by atoms with E-state index < -0.39 is 5.60 Å². The molecule has 4 nitrogen and oxygen atoms in total. The maximum absolute atomic E-state index is 11.8. The zero-order chi connectivity index (χ0) is 16.2. The van der Waals surface area contributed by atoms with Crippen molar-refractivity contribution < 1.29 is 9.53 Å². The molecule has 2 N–H and O–H groups in total. The first kappa shape index (κ1) is 17.6. The van der Waals surface area contributed by atoms with Gasteiger partial charge in [-0.2, -0.15) is 0 Å². The fourth-order valence-corrected chi connectivity index (χ4v) is 3.54. The van der Waals surface area contributed by atoms with Crippen LogP contribution in [0.25, 0.3) is 0 Å². The highest BCUT2D eigenvalue weighted by Gasteiger charge is 2.40. The van der Waals surface area contributed by atoms with E-state index in [9.17, 15) is 4.79 Å². The second-order valence-electron chi connectivity index (χ2n) is 8.12. The largest absolute Gasteiger partial charge is 0.444 e. The van der Waals surface area contributed by atoms with Crippen LogP contribution >= 0.6 is 0 Å². The molecule has 1 amide bonds. The second kappa shape index (κ2) is 7.67. The van der Waals surface area contributed by atoms with Crippen molar-refractivity contribution in [1.82, 2.24) is 10.6 Å². The molecule has 0 aromatic carbocycles. The van der Waals surface area contributed by atoms with E-state index in [2.05, 4.69) is 17.6 Å². The van der Waals surface area contributed by atoms with Gasteiger partial charge >= 0.3 is 6.09 Å². The van der Waals surface area contributed by atoms with Gasteiger partial charge in [0, 0.05) is 18.1 Å². The number of hydrogen-bond acceptors (Lipinski definition) is 3. The van der Waals surface area contributed by atoms with Gasteiger partial charge in [-0.05, 0) is 52.4 Å². The lowest BCUT2D eigenvalue weighted by molar-refractivity contribution is 0.0521. The first-order valence-corrected chi connectivity index (χ1v) is 9.13. The van der Waals surface area contributed by atoms with Crippen LogP contribution in [0.4, 0.5) is 4.79 Å². The zero-order valence-electron chi connectivity index (χ0n) is 14.8. The van der Waals surface area contributed by atoms with Gasteiger partial charge in [0.15, 0.2) is 0 Å². The van der Waals surface area contributed by atoms with Crippen molar-refractivity contribution in [2.24, 2.45) is 5.92 Å². The van der Waals surface area contributed by atoms with Crippen LogP contribution in [-0.4, -0.2) is 29.8 Å². The lowest BCUT2D eigenvalue weighted by Gasteiger charge is -2.20. The molecule has 0 heterocycles. The van der Waals surface area contributed by atoms with Crippen LogP contribution in [0.5, 0.6) is 0 Å². The molecule has 4 unspecified atom stereocenters. The van der Waals surface area contributed by atoms with Crippen LogP contribution < -0.4 is 10.6 Å². The zero-order valence-corrected chi connectivity index (χ0v) is 14.8. The lowest BCUT2D eigenvalue weighted by atomic mass is 9.95. The highest BCUT2D eigenvalue weighted by molar-refractivity contribution is 5.68. The molecule has 4 heteroatoms. The van der Waals surface area contributed by atoms with E-state index in [4.69, 9.17) is 4.74 Å². The number of amides is 1. The summed E-state index contributed by atoms with van der Waals surface area (Å²) in [6.45, 7) is 7.98. The van der Waals surface area contributed by atoms with Crippen molar-refractivity contribution in [2.75, 3.05) is 0 Å². The molecule has 0 spiro atoms. The van der Waals surface area contributed by atoms with E-state index in [0.29, 0.717) is 12.1 Å². The molecular weight excluding hydrogens is 276 g/mol. The number of ether oxygens (including phenoxy) is 1. The third-order valence-corrected chi connectivity index (χ3v) is 4.73. The summed E-state index contributed by atoms with van der Waals surface area (Å²) in [5.41, 5.74) is -0.419. The van der Waals surface area contributed by atoms with Crippen LogP contribution in [0, 0.1) is 5.92 Å². The van der Waals surface area contributed by atoms with E-state index in [1.807, 2.05) is 20.8 Å². The van der Waals surface area contributed by atoms with Gasteiger partial charge in [-0.3, -0.25) is 0 Å². The lowest BCUT2D eigenvalue weighted by Crippen LogP contribution is -2.39. The van der Waals surface area contributed by atoms with E-state index in [1.165, 1.54) is 44.9 Å². The summed E-state index contributed by atoms with van der Waals surface area (Å²) in [5, 5.41) is 6.71. The van der Waals surface area contributed by atoms with Gasteiger partial charge in [0.2, 0.25) is 0 Å². The summed E-state index contributed by atoms with van der Waals surface area (Å²) in [6, 6.07) is 1.34. The van der Waals surface area contributed by atoms with Crippen molar-refractivity contribution in [1.29, 1.82) is 0 Å². The molecule has 2 aliphatic rings. The third kappa shape index (κ3) is 6.15. The van der Waals surface area contributed by atoms with Crippen LogP contribution in [0.3, 0.4) is 0 Å². The Hall–Kier alpha value is -0.770. The molecule has 0 aromatic heterocycles. The predicted octanol–water partition coefficient (Wildman–Crippen LogP) is 3.99. The molecule has 0 bridgehead atoms. The minimum absolute atomic E-state index is 0.254. The first-order valence-electron chi connectivity index (χ1n) is 9.13. The van der Waals surface area contributed by atoms with Gasteiger partial charge in [0.1, 0.15) is 5.60 Å². The molecule has 0 saturated heterocycles. The fraction of sp³-hybridized carbons (Fsp3) is 0.944. The topological polar surface area (TPSA) is 50.4 Å². The molecule has 0 aliphatic heterocycles. The van der Waals surface area contributed by atoms with Crippen molar-refractivity contribution in [3.05, 3.63) is 0 Å². The van der Waals surface area contributed by atoms with Crippen LogP contribution in [0.15, 0.2) is 0 Å². The van der Waals surface area contributed by atoms with E-state index in [-0.39, 0.29) is 12.1 Å². The highest BCUT2D eigenvalue weighted by Crippen LogP contribution is 2.29. The third-order valence-electron chi connectivity index (χ3n) is 4.73. The normalized spacial score (nSPS) is 32.2. The van der Waals surface area contributed by atoms with Gasteiger partial charge in [0.25, 0.3) is 0 Å². The Morgan fingerprint density at radius 2 is 1.91 bits per heavy atom. The number of rotatable bonds is 5. The summed E-state index contributed by atoms with van der Waals surface area (Å²) < 4.78 is 5.31. The van der Waals surface area contributed by atoms with E-state index in [0.717, 1.165) is 12.3 Å². The van der Waals surface area contributed by atoms with Gasteiger partial charge in [-0.25, -0.2) is 4.79 Å². The number of alkyl carbamates (subject to hydrolysis) is 1. The second-order valence-corrected chi connectivity index (χ2v) is 8.12. The average Bonchev–Trinajstić information content (AvgIpc) is 3.13. The summed E-state index contributed by atoms with van der Waals surface area (Å²) in [6.07, 6.45) is 10.1. The van der Waals surface area contributed by atoms with Crippen molar-refractivity contribution >= 4 is 6.09 Å². The van der Waals surface area contributed by atoms with Crippen LogP contribution in [-0.2, 0) is 4.74 Å². The summed E-state index contributed by atoms with van der Waals surface area (Å²) >= 11 is 0. The van der Waals surface area contributed by atoms with Gasteiger partial charge in [-0.15, -0.1) is 0 Å². The Morgan fingerprint density at radius 3 is 2.59 bits per heavy atom. The van der Waals surface area contributed by atoms with E-state index >= 15 is 0 Å². The van der Waals surface area contributed by atoms with Crippen molar-refractivity contribution in [2.45, 2.75) is 103 Å². The Balaban J connectivity index is 1.65. The quantitative estimate of drug-likeness (QED) is 0.755. The van der Waals surface area contributed by atoms with Gasteiger partial charge < -0.3 is 15.4 Å². The van der Waals surface area contributed by atoms with E-state index in [1.54, 1.807) is 0 Å². The van der Waals surface area contributed by atoms with Crippen molar-refractivity contribution in [3.8, 4) is 0 Å². The standard InChI is InChI=1S/C18H34N2O2/c1-5-7-13-8-6-9-14(11-10-13)19-15-12-16(15)20-17(21)22-18(2,3)4/h13-16,19H,5-12H2,1-4H3,(H,20,21). The number of carbonyl (C=O) groups excluding carboxylic acids is 1. The minimum Gasteiger partial charge on any atom is -0.444 e. The monoisotopic (exact) mass is 310 g/mol. The molecule has 0 radical (unpaired) electrons. The molecule has 22 heavy (non-hydrogen) atoms. The Bertz CT molecular complexity index is 365. The van der Waals surface area contributed by atoms with Crippen LogP contribution in [0.2, 0.25) is 0 Å². The molecule has 2 saturated carbocycles. The maximum Gasteiger partial charge on any atom is 0.407 e. The SMILES string of the molecule is CCCC1CCCC(NC2CC2NC(=O)OC(C)(C)C)CC1. The predicted molar refractivity (Wildman–Crippen MR) is 90.0 cm³/mol. The molecule has 2 aliphatic carbocycles. The first-order chi connectivity index (χ1) is 10.4. The molecule has 2 rings (SSSR count). The van der Waals surface area contributed by atoms with Crippen LogP contribution in [0.1, 0.15) is 79.1 Å². The Morgan fingerprint density at radius 1 is 1.14 bits per heavy atom. The number of carbonyl (C=O) groups is 1. The fourth-order valence-electron chi connectivity index (χ4n) is 3.54. The van der Waals surface area contributed by atoms with Crippen molar-refractivity contribution in [3.63, 3.8) is 0 Å². The smallest absolute Gasteiger partial charge is 0.407 e. The summed E-state index contributed by atoms with van der Waals surface area (Å²) in [5.74, 6) is 0.937. The highest BCUT2D eigenvalue weighted by atomic mass is 16.6. The van der Waals surface area contributed by atoms with Gasteiger partial charge in [0.05, 0.1) is 0 Å². The number of nitrogens with one attached hydrogen (secondary N) is 2. The maximum atomic E-state index is 11.8. The Kier molecular flexibility index (Phi) is 6.13. The Labute approximate surface area is 135 Å². The average molecular weight is 310 g/mol. The minimum atomic E-state index is -0.419. The molecule has 4 atom stereocenters. The molecule has 128 valence electrons. The van der Waals surface area contributed by atoms with Gasteiger partial charge in [-0.1, -0.05) is 32.6 Å². The molecule has 0 aromatic rings. The molecular formula is C18H34N2O2. The summed E-state index contributed by atoms with van der Waals surface area (Å²) in [7, 11) is 0. The number of hydrogen-bond donors (Lipinski definition) is 2. The summed E-state index contributed by atoms with van der Waals surface area (Å²) in [4.78, 5) is 11.8.